The largest absolute Gasteiger partial charge is 0.378 e. The minimum atomic E-state index is -0.454. The number of nitrogens with zero attached hydrogens (tertiary/aromatic N) is 1. The molecule has 0 aromatic heterocycles. The second-order valence-electron chi connectivity index (χ2n) is 2.21. The predicted octanol–water partition coefficient (Wildman–Crippen LogP) is 0.293. The molecule has 0 spiro atoms. The van der Waals surface area contributed by atoms with E-state index in [2.05, 4.69) is 0 Å². The number of hydrogen-bond donors (Lipinski definition) is 1. The summed E-state index contributed by atoms with van der Waals surface area (Å²) in [5, 5.41) is 9.25. The van der Waals surface area contributed by atoms with Crippen LogP contribution in [0.1, 0.15) is 13.8 Å². The van der Waals surface area contributed by atoms with Crippen molar-refractivity contribution in [3.8, 4) is 0 Å². The summed E-state index contributed by atoms with van der Waals surface area (Å²) < 4.78 is 5.03. The lowest BCUT2D eigenvalue weighted by atomic mass is 10.5. The maximum Gasteiger partial charge on any atom is 0.130 e. The van der Waals surface area contributed by atoms with Gasteiger partial charge in [0.05, 0.1) is 6.61 Å². The summed E-state index contributed by atoms with van der Waals surface area (Å²) >= 11 is 0. The molecule has 10 heavy (non-hydrogen) atoms. The summed E-state index contributed by atoms with van der Waals surface area (Å²) in [7, 11) is 1.86. The van der Waals surface area contributed by atoms with E-state index >= 15 is 0 Å². The molecule has 3 nitrogen and oxygen atoms in total. The van der Waals surface area contributed by atoms with Crippen molar-refractivity contribution in [2.75, 3.05) is 26.8 Å². The molecule has 0 saturated carbocycles. The first-order valence-corrected chi connectivity index (χ1v) is 3.68. The lowest BCUT2D eigenvalue weighted by Crippen LogP contribution is -2.35. The maximum absolute atomic E-state index is 9.25. The van der Waals surface area contributed by atoms with E-state index in [1.165, 1.54) is 0 Å². The predicted molar refractivity (Wildman–Crippen MR) is 40.8 cm³/mol. The van der Waals surface area contributed by atoms with Gasteiger partial charge < -0.3 is 9.84 Å². The quantitative estimate of drug-likeness (QED) is 0.567. The molecule has 0 aliphatic heterocycles. The van der Waals surface area contributed by atoms with Crippen LogP contribution in [0.3, 0.4) is 0 Å². The smallest absolute Gasteiger partial charge is 0.130 e. The molecule has 0 rings (SSSR count). The third kappa shape index (κ3) is 3.82. The summed E-state index contributed by atoms with van der Waals surface area (Å²) in [6.45, 7) is 5.82. The summed E-state index contributed by atoms with van der Waals surface area (Å²) in [5.41, 5.74) is 0. The number of rotatable bonds is 5. The molecule has 0 radical (unpaired) electrons. The zero-order valence-corrected chi connectivity index (χ0v) is 7.00. The summed E-state index contributed by atoms with van der Waals surface area (Å²) in [6, 6.07) is 0. The van der Waals surface area contributed by atoms with E-state index in [1.54, 1.807) is 0 Å². The van der Waals surface area contributed by atoms with Crippen molar-refractivity contribution < 1.29 is 9.84 Å². The molecule has 1 unspecified atom stereocenters. The normalized spacial score (nSPS) is 14.1. The van der Waals surface area contributed by atoms with Crippen molar-refractivity contribution >= 4 is 0 Å². The van der Waals surface area contributed by atoms with Gasteiger partial charge in [-0.05, 0) is 20.5 Å². The molecule has 62 valence electrons. The second-order valence-corrected chi connectivity index (χ2v) is 2.21. The second kappa shape index (κ2) is 5.65. The Hall–Kier alpha value is -0.120. The Bertz CT molecular complexity index is 78.0. The molecule has 0 aliphatic carbocycles. The molecule has 0 aromatic rings. The first-order chi connectivity index (χ1) is 4.72. The van der Waals surface area contributed by atoms with Crippen LogP contribution in [0.15, 0.2) is 0 Å². The van der Waals surface area contributed by atoms with Crippen molar-refractivity contribution in [3.63, 3.8) is 0 Å². The van der Waals surface area contributed by atoms with Gasteiger partial charge in [0.25, 0.3) is 0 Å². The standard InChI is InChI=1S/C7H17NO2/c1-4-8(3)7(9)6-10-5-2/h7,9H,4-6H2,1-3H3. The van der Waals surface area contributed by atoms with E-state index in [-0.39, 0.29) is 0 Å². The van der Waals surface area contributed by atoms with Crippen LogP contribution < -0.4 is 0 Å². The molecular weight excluding hydrogens is 130 g/mol. The van der Waals surface area contributed by atoms with Gasteiger partial charge in [0.1, 0.15) is 6.23 Å². The highest BCUT2D eigenvalue weighted by atomic mass is 16.5. The number of aliphatic hydroxyl groups excluding tert-OH is 1. The van der Waals surface area contributed by atoms with Crippen LogP contribution in [0, 0.1) is 0 Å². The van der Waals surface area contributed by atoms with Gasteiger partial charge in [0.2, 0.25) is 0 Å². The van der Waals surface area contributed by atoms with Crippen LogP contribution in [0.2, 0.25) is 0 Å². The monoisotopic (exact) mass is 147 g/mol. The lowest BCUT2D eigenvalue weighted by molar-refractivity contribution is -0.0423. The van der Waals surface area contributed by atoms with Crippen LogP contribution in [0.4, 0.5) is 0 Å². The molecule has 3 heteroatoms. The zero-order chi connectivity index (χ0) is 7.98. The topological polar surface area (TPSA) is 32.7 Å². The van der Waals surface area contributed by atoms with Gasteiger partial charge in [0.15, 0.2) is 0 Å². The van der Waals surface area contributed by atoms with Gasteiger partial charge in [-0.25, -0.2) is 0 Å². The summed E-state index contributed by atoms with van der Waals surface area (Å²) in [6.07, 6.45) is -0.454. The van der Waals surface area contributed by atoms with Crippen LogP contribution >= 0.6 is 0 Å². The van der Waals surface area contributed by atoms with Gasteiger partial charge in [-0.1, -0.05) is 6.92 Å². The number of ether oxygens (including phenoxy) is 1. The number of likely N-dealkylation sites (N-methyl/N-ethyl adjacent to an activating group) is 1. The fourth-order valence-corrected chi connectivity index (χ4v) is 0.561. The van der Waals surface area contributed by atoms with Crippen LogP contribution in [0.25, 0.3) is 0 Å². The van der Waals surface area contributed by atoms with Gasteiger partial charge in [-0.2, -0.15) is 0 Å². The van der Waals surface area contributed by atoms with Crippen LogP contribution in [-0.4, -0.2) is 43.0 Å². The Balaban J connectivity index is 3.31. The highest BCUT2D eigenvalue weighted by Gasteiger charge is 2.07. The van der Waals surface area contributed by atoms with E-state index in [0.717, 1.165) is 6.54 Å². The lowest BCUT2D eigenvalue weighted by Gasteiger charge is -2.20. The average molecular weight is 147 g/mol. The first-order valence-electron chi connectivity index (χ1n) is 3.68. The third-order valence-corrected chi connectivity index (χ3v) is 1.48. The first kappa shape index (κ1) is 9.88. The molecule has 0 amide bonds. The Morgan fingerprint density at radius 1 is 1.50 bits per heavy atom. The van der Waals surface area contributed by atoms with Crippen molar-refractivity contribution in [2.45, 2.75) is 20.1 Å². The van der Waals surface area contributed by atoms with Crippen LogP contribution in [0.5, 0.6) is 0 Å². The Morgan fingerprint density at radius 3 is 2.50 bits per heavy atom. The minimum Gasteiger partial charge on any atom is -0.378 e. The van der Waals surface area contributed by atoms with Crippen molar-refractivity contribution in [1.29, 1.82) is 0 Å². The van der Waals surface area contributed by atoms with E-state index in [1.807, 2.05) is 25.8 Å². The van der Waals surface area contributed by atoms with Gasteiger partial charge in [-0.15, -0.1) is 0 Å². The average Bonchev–Trinajstić information content (AvgIpc) is 1.98. The molecule has 0 saturated heterocycles. The number of aliphatic hydroxyl groups is 1. The molecule has 0 bridgehead atoms. The van der Waals surface area contributed by atoms with Crippen molar-refractivity contribution in [3.05, 3.63) is 0 Å². The molecule has 0 fully saturated rings. The molecule has 1 atom stereocenters. The zero-order valence-electron chi connectivity index (χ0n) is 7.00. The molecule has 1 N–H and O–H groups in total. The maximum atomic E-state index is 9.25. The van der Waals surface area contributed by atoms with Crippen molar-refractivity contribution in [2.24, 2.45) is 0 Å². The molecule has 0 heterocycles. The highest BCUT2D eigenvalue weighted by molar-refractivity contribution is 4.51. The van der Waals surface area contributed by atoms with E-state index in [4.69, 9.17) is 4.74 Å². The summed E-state index contributed by atoms with van der Waals surface area (Å²) in [5.74, 6) is 0. The Kier molecular flexibility index (Phi) is 5.58. The van der Waals surface area contributed by atoms with Crippen LogP contribution in [-0.2, 0) is 4.74 Å². The summed E-state index contributed by atoms with van der Waals surface area (Å²) in [4.78, 5) is 1.83. The van der Waals surface area contributed by atoms with E-state index in [9.17, 15) is 5.11 Å². The van der Waals surface area contributed by atoms with Crippen molar-refractivity contribution in [1.82, 2.24) is 4.90 Å². The molecular formula is C7H17NO2. The minimum absolute atomic E-state index is 0.404. The van der Waals surface area contributed by atoms with Gasteiger partial charge >= 0.3 is 0 Å². The fraction of sp³-hybridized carbons (Fsp3) is 1.00. The van der Waals surface area contributed by atoms with Gasteiger partial charge in [0, 0.05) is 6.61 Å². The van der Waals surface area contributed by atoms with Gasteiger partial charge in [-0.3, -0.25) is 4.90 Å². The van der Waals surface area contributed by atoms with E-state index < -0.39 is 6.23 Å². The fourth-order valence-electron chi connectivity index (χ4n) is 0.561. The van der Waals surface area contributed by atoms with E-state index in [0.29, 0.717) is 13.2 Å². The SMILES string of the molecule is CCOCC(O)N(C)CC. The molecule has 0 aliphatic rings. The Morgan fingerprint density at radius 2 is 2.10 bits per heavy atom. The Labute approximate surface area is 62.6 Å². The third-order valence-electron chi connectivity index (χ3n) is 1.48. The highest BCUT2D eigenvalue weighted by Crippen LogP contribution is 1.91. The molecule has 0 aromatic carbocycles. The number of hydrogen-bond acceptors (Lipinski definition) is 3.